The maximum absolute atomic E-state index is 11.5. The van der Waals surface area contributed by atoms with Gasteiger partial charge in [-0.2, -0.15) is 0 Å². The van der Waals surface area contributed by atoms with Crippen LogP contribution in [0.1, 0.15) is 37.3 Å². The van der Waals surface area contributed by atoms with E-state index in [2.05, 4.69) is 16.9 Å². The van der Waals surface area contributed by atoms with Crippen molar-refractivity contribution in [1.82, 2.24) is 9.97 Å². The zero-order valence-corrected chi connectivity index (χ0v) is 10.6. The molecule has 0 aliphatic rings. The number of carbonyl (C=O) groups is 1. The molecule has 0 aliphatic heterocycles. The Labute approximate surface area is 102 Å². The Bertz CT molecular complexity index is 369. The highest BCUT2D eigenvalue weighted by molar-refractivity contribution is 5.85. The van der Waals surface area contributed by atoms with Crippen molar-refractivity contribution in [2.45, 2.75) is 26.7 Å². The molecular formula is C12H19N3O2. The second-order valence-electron chi connectivity index (χ2n) is 3.73. The molecule has 0 unspecified atom stereocenters. The van der Waals surface area contributed by atoms with Gasteiger partial charge >= 0.3 is 5.97 Å². The Morgan fingerprint density at radius 3 is 2.88 bits per heavy atom. The summed E-state index contributed by atoms with van der Waals surface area (Å²) in [4.78, 5) is 21.6. The summed E-state index contributed by atoms with van der Waals surface area (Å²) < 4.78 is 4.86. The molecule has 0 fully saturated rings. The third-order valence-electron chi connectivity index (χ3n) is 2.34. The number of rotatable bonds is 6. The highest BCUT2D eigenvalue weighted by Gasteiger charge is 2.11. The average Bonchev–Trinajstić information content (AvgIpc) is 2.36. The lowest BCUT2D eigenvalue weighted by Crippen LogP contribution is -2.21. The normalized spacial score (nSPS) is 10.1. The molecule has 0 atom stereocenters. The molecule has 0 saturated heterocycles. The van der Waals surface area contributed by atoms with Gasteiger partial charge < -0.3 is 9.64 Å². The molecule has 0 aliphatic carbocycles. The molecule has 0 spiro atoms. The van der Waals surface area contributed by atoms with E-state index in [4.69, 9.17) is 4.74 Å². The maximum atomic E-state index is 11.5. The van der Waals surface area contributed by atoms with Crippen LogP contribution in [0.15, 0.2) is 12.3 Å². The van der Waals surface area contributed by atoms with Crippen LogP contribution < -0.4 is 4.90 Å². The highest BCUT2D eigenvalue weighted by Crippen LogP contribution is 2.09. The Morgan fingerprint density at radius 2 is 2.24 bits per heavy atom. The van der Waals surface area contributed by atoms with Crippen LogP contribution in [0.25, 0.3) is 0 Å². The Hall–Kier alpha value is -1.65. The number of anilines is 1. The first-order chi connectivity index (χ1) is 8.19. The zero-order valence-electron chi connectivity index (χ0n) is 10.6. The van der Waals surface area contributed by atoms with E-state index in [0.29, 0.717) is 6.61 Å². The van der Waals surface area contributed by atoms with E-state index in [1.165, 1.54) is 0 Å². The molecule has 0 aromatic carbocycles. The van der Waals surface area contributed by atoms with Gasteiger partial charge in [-0.05, 0) is 19.4 Å². The Kier molecular flexibility index (Phi) is 5.39. The summed E-state index contributed by atoms with van der Waals surface area (Å²) in [6.45, 7) is 5.14. The summed E-state index contributed by atoms with van der Waals surface area (Å²) in [5.74, 6) is 0.391. The van der Waals surface area contributed by atoms with E-state index in [0.717, 1.165) is 25.2 Å². The Balaban J connectivity index is 2.74. The fraction of sp³-hybridized carbons (Fsp3) is 0.583. The van der Waals surface area contributed by atoms with Crippen molar-refractivity contribution in [1.29, 1.82) is 0 Å². The van der Waals surface area contributed by atoms with Crippen LogP contribution in [-0.2, 0) is 4.74 Å². The smallest absolute Gasteiger partial charge is 0.376 e. The van der Waals surface area contributed by atoms with Crippen molar-refractivity contribution in [3.05, 3.63) is 18.1 Å². The monoisotopic (exact) mass is 237 g/mol. The highest BCUT2D eigenvalue weighted by atomic mass is 16.5. The predicted octanol–water partition coefficient (Wildman–Crippen LogP) is 1.89. The molecule has 1 heterocycles. The molecule has 0 bridgehead atoms. The SMILES string of the molecule is CCCCN(C)c1ccnc(C(=O)OCC)n1. The molecule has 5 nitrogen and oxygen atoms in total. The van der Waals surface area contributed by atoms with Gasteiger partial charge in [-0.1, -0.05) is 13.3 Å². The number of unbranched alkanes of at least 4 members (excludes halogenated alkanes) is 1. The average molecular weight is 237 g/mol. The minimum atomic E-state index is -0.474. The van der Waals surface area contributed by atoms with Gasteiger partial charge in [-0.15, -0.1) is 0 Å². The molecule has 0 N–H and O–H groups in total. The van der Waals surface area contributed by atoms with Crippen molar-refractivity contribution in [2.75, 3.05) is 25.1 Å². The second-order valence-corrected chi connectivity index (χ2v) is 3.73. The van der Waals surface area contributed by atoms with E-state index >= 15 is 0 Å². The molecule has 0 radical (unpaired) electrons. The lowest BCUT2D eigenvalue weighted by Gasteiger charge is -2.17. The van der Waals surface area contributed by atoms with Gasteiger partial charge in [-0.25, -0.2) is 14.8 Å². The first-order valence-corrected chi connectivity index (χ1v) is 5.90. The summed E-state index contributed by atoms with van der Waals surface area (Å²) in [5.41, 5.74) is 0. The molecule has 94 valence electrons. The molecule has 1 aromatic heterocycles. The lowest BCUT2D eigenvalue weighted by atomic mass is 10.3. The summed E-state index contributed by atoms with van der Waals surface area (Å²) >= 11 is 0. The summed E-state index contributed by atoms with van der Waals surface area (Å²) in [5, 5.41) is 0. The van der Waals surface area contributed by atoms with Gasteiger partial charge in [0.05, 0.1) is 6.61 Å². The van der Waals surface area contributed by atoms with Crippen LogP contribution in [0, 0.1) is 0 Å². The molecule has 0 amide bonds. The van der Waals surface area contributed by atoms with Gasteiger partial charge in [-0.3, -0.25) is 0 Å². The summed E-state index contributed by atoms with van der Waals surface area (Å²) in [6.07, 6.45) is 3.80. The predicted molar refractivity (Wildman–Crippen MR) is 66.2 cm³/mol. The Morgan fingerprint density at radius 1 is 1.47 bits per heavy atom. The first-order valence-electron chi connectivity index (χ1n) is 5.90. The van der Waals surface area contributed by atoms with E-state index in [9.17, 15) is 4.79 Å². The maximum Gasteiger partial charge on any atom is 0.376 e. The van der Waals surface area contributed by atoms with Crippen molar-refractivity contribution in [3.63, 3.8) is 0 Å². The van der Waals surface area contributed by atoms with Gasteiger partial charge in [0.1, 0.15) is 5.82 Å². The number of carbonyl (C=O) groups excluding carboxylic acids is 1. The van der Waals surface area contributed by atoms with Gasteiger partial charge in [0.15, 0.2) is 0 Å². The third kappa shape index (κ3) is 4.01. The largest absolute Gasteiger partial charge is 0.460 e. The number of nitrogens with zero attached hydrogens (tertiary/aromatic N) is 3. The quantitative estimate of drug-likeness (QED) is 0.707. The van der Waals surface area contributed by atoms with Crippen molar-refractivity contribution in [2.24, 2.45) is 0 Å². The van der Waals surface area contributed by atoms with E-state index in [1.54, 1.807) is 19.2 Å². The molecule has 17 heavy (non-hydrogen) atoms. The van der Waals surface area contributed by atoms with Gasteiger partial charge in [0, 0.05) is 19.8 Å². The van der Waals surface area contributed by atoms with Crippen molar-refractivity contribution in [3.8, 4) is 0 Å². The standard InChI is InChI=1S/C12H19N3O2/c1-4-6-9-15(3)10-7-8-13-11(14-10)12(16)17-5-2/h7-8H,4-6,9H2,1-3H3. The van der Waals surface area contributed by atoms with Crippen LogP contribution in [0.4, 0.5) is 5.82 Å². The number of hydrogen-bond donors (Lipinski definition) is 0. The molecule has 0 saturated carbocycles. The van der Waals surface area contributed by atoms with Crippen LogP contribution >= 0.6 is 0 Å². The van der Waals surface area contributed by atoms with Crippen LogP contribution in [0.5, 0.6) is 0 Å². The van der Waals surface area contributed by atoms with E-state index < -0.39 is 5.97 Å². The first kappa shape index (κ1) is 13.4. The van der Waals surface area contributed by atoms with Crippen molar-refractivity contribution < 1.29 is 9.53 Å². The van der Waals surface area contributed by atoms with Crippen LogP contribution in [-0.4, -0.2) is 36.1 Å². The van der Waals surface area contributed by atoms with Gasteiger partial charge in [0.2, 0.25) is 5.82 Å². The minimum absolute atomic E-state index is 0.118. The summed E-state index contributed by atoms with van der Waals surface area (Å²) in [7, 11) is 1.95. The number of esters is 1. The number of hydrogen-bond acceptors (Lipinski definition) is 5. The fourth-order valence-corrected chi connectivity index (χ4v) is 1.37. The molecule has 1 aromatic rings. The molecular weight excluding hydrogens is 218 g/mol. The minimum Gasteiger partial charge on any atom is -0.460 e. The second kappa shape index (κ2) is 6.83. The number of ether oxygens (including phenoxy) is 1. The van der Waals surface area contributed by atoms with Crippen molar-refractivity contribution >= 4 is 11.8 Å². The third-order valence-corrected chi connectivity index (χ3v) is 2.34. The van der Waals surface area contributed by atoms with E-state index in [-0.39, 0.29) is 5.82 Å². The van der Waals surface area contributed by atoms with Crippen LogP contribution in [0.2, 0.25) is 0 Å². The van der Waals surface area contributed by atoms with Gasteiger partial charge in [0.25, 0.3) is 0 Å². The zero-order chi connectivity index (χ0) is 12.7. The lowest BCUT2D eigenvalue weighted by molar-refractivity contribution is 0.0512. The molecule has 1 rings (SSSR count). The molecule has 5 heteroatoms. The topological polar surface area (TPSA) is 55.3 Å². The summed E-state index contributed by atoms with van der Waals surface area (Å²) in [6, 6.07) is 1.79. The van der Waals surface area contributed by atoms with E-state index in [1.807, 2.05) is 11.9 Å². The number of aromatic nitrogens is 2. The fourth-order valence-electron chi connectivity index (χ4n) is 1.37. The van der Waals surface area contributed by atoms with Crippen LogP contribution in [0.3, 0.4) is 0 Å².